The maximum Gasteiger partial charge on any atom is 0.251 e. The van der Waals surface area contributed by atoms with Gasteiger partial charge in [0.25, 0.3) is 11.5 Å². The normalized spacial score (nSPS) is 11.7. The van der Waals surface area contributed by atoms with E-state index in [1.807, 2.05) is 0 Å². The fraction of sp³-hybridized carbons (Fsp3) is 0.381. The number of carbonyl (C=O) groups excluding carboxylic acids is 2. The summed E-state index contributed by atoms with van der Waals surface area (Å²) in [6.45, 7) is 3.73. The van der Waals surface area contributed by atoms with Crippen molar-refractivity contribution in [2.75, 3.05) is 19.8 Å². The second-order valence-electron chi connectivity index (χ2n) is 6.19. The molecule has 1 heterocycles. The lowest BCUT2D eigenvalue weighted by Gasteiger charge is -2.18. The smallest absolute Gasteiger partial charge is 0.251 e. The molecule has 0 aliphatic carbocycles. The molecule has 2 rings (SSSR count). The predicted molar refractivity (Wildman–Crippen MR) is 104 cm³/mol. The van der Waals surface area contributed by atoms with Crippen molar-refractivity contribution in [3.05, 3.63) is 70.6 Å². The number of hydrogen-bond donors (Lipinski definition) is 1. The summed E-state index contributed by atoms with van der Waals surface area (Å²) in [5, 5.41) is 2.75. The highest BCUT2D eigenvalue weighted by Gasteiger charge is 2.29. The van der Waals surface area contributed by atoms with Crippen LogP contribution in [-0.4, -0.2) is 36.0 Å². The maximum atomic E-state index is 12.9. The van der Waals surface area contributed by atoms with Gasteiger partial charge in [-0.05, 0) is 18.9 Å². The molecule has 6 nitrogen and oxygen atoms in total. The van der Waals surface area contributed by atoms with Crippen LogP contribution < -0.4 is 10.9 Å². The van der Waals surface area contributed by atoms with Crippen molar-refractivity contribution in [1.29, 1.82) is 0 Å². The van der Waals surface area contributed by atoms with E-state index in [1.54, 1.807) is 42.5 Å². The minimum atomic E-state index is -1.23. The van der Waals surface area contributed by atoms with Gasteiger partial charge in [0.1, 0.15) is 0 Å². The summed E-state index contributed by atoms with van der Waals surface area (Å²) in [7, 11) is 0. The number of unbranched alkanes of at least 4 members (excludes halogenated alkanes) is 1. The first-order chi connectivity index (χ1) is 13.1. The van der Waals surface area contributed by atoms with Gasteiger partial charge in [-0.25, -0.2) is 0 Å². The number of carbonyl (C=O) groups is 2. The summed E-state index contributed by atoms with van der Waals surface area (Å²) in [4.78, 5) is 37.8. The molecule has 1 N–H and O–H groups in total. The number of hydrogen-bond acceptors (Lipinski definition) is 4. The predicted octanol–water partition coefficient (Wildman–Crippen LogP) is 2.60. The Morgan fingerprint density at radius 2 is 1.74 bits per heavy atom. The van der Waals surface area contributed by atoms with E-state index in [4.69, 9.17) is 4.74 Å². The van der Waals surface area contributed by atoms with Gasteiger partial charge in [0, 0.05) is 37.6 Å². The van der Waals surface area contributed by atoms with Crippen LogP contribution in [-0.2, 0) is 9.53 Å². The number of benzene rings is 1. The van der Waals surface area contributed by atoms with Gasteiger partial charge in [0.05, 0.1) is 0 Å². The Bertz CT molecular complexity index is 786. The number of ketones is 1. The van der Waals surface area contributed by atoms with Crippen molar-refractivity contribution in [2.45, 2.75) is 32.2 Å². The van der Waals surface area contributed by atoms with Gasteiger partial charge in [-0.3, -0.25) is 19.0 Å². The monoisotopic (exact) mass is 370 g/mol. The van der Waals surface area contributed by atoms with Gasteiger partial charge < -0.3 is 10.1 Å². The maximum absolute atomic E-state index is 12.9. The lowest BCUT2D eigenvalue weighted by Crippen LogP contribution is -2.41. The molecule has 27 heavy (non-hydrogen) atoms. The zero-order chi connectivity index (χ0) is 19.5. The van der Waals surface area contributed by atoms with Crippen molar-refractivity contribution < 1.29 is 14.3 Å². The fourth-order valence-corrected chi connectivity index (χ4v) is 2.62. The molecule has 0 unspecified atom stereocenters. The Morgan fingerprint density at radius 1 is 1.04 bits per heavy atom. The average molecular weight is 370 g/mol. The van der Waals surface area contributed by atoms with Crippen molar-refractivity contribution in [3.63, 3.8) is 0 Å². The highest BCUT2D eigenvalue weighted by Crippen LogP contribution is 2.13. The molecule has 0 aliphatic rings. The minimum absolute atomic E-state index is 0.380. The van der Waals surface area contributed by atoms with Crippen molar-refractivity contribution in [3.8, 4) is 0 Å². The molecule has 0 radical (unpaired) electrons. The summed E-state index contributed by atoms with van der Waals surface area (Å²) in [6, 6.07) is 11.8. The zero-order valence-corrected chi connectivity index (χ0v) is 15.6. The molecule has 0 saturated carbocycles. The van der Waals surface area contributed by atoms with E-state index in [0.717, 1.165) is 12.8 Å². The average Bonchev–Trinajstić information content (AvgIpc) is 2.69. The highest BCUT2D eigenvalue weighted by molar-refractivity contribution is 6.11. The van der Waals surface area contributed by atoms with Crippen molar-refractivity contribution in [1.82, 2.24) is 9.88 Å². The lowest BCUT2D eigenvalue weighted by atomic mass is 10.0. The molecule has 1 amide bonds. The second kappa shape index (κ2) is 11.1. The molecule has 0 aliphatic heterocycles. The van der Waals surface area contributed by atoms with Crippen LogP contribution >= 0.6 is 0 Å². The third kappa shape index (κ3) is 6.18. The van der Waals surface area contributed by atoms with Gasteiger partial charge in [-0.1, -0.05) is 49.7 Å². The van der Waals surface area contributed by atoms with Crippen LogP contribution in [0.25, 0.3) is 0 Å². The lowest BCUT2D eigenvalue weighted by molar-refractivity contribution is -0.123. The number of nitrogens with zero attached hydrogens (tertiary/aromatic N) is 1. The van der Waals surface area contributed by atoms with E-state index in [9.17, 15) is 14.4 Å². The van der Waals surface area contributed by atoms with E-state index in [2.05, 4.69) is 12.2 Å². The molecule has 1 aromatic carbocycles. The topological polar surface area (TPSA) is 77.4 Å². The van der Waals surface area contributed by atoms with E-state index in [0.29, 0.717) is 31.7 Å². The molecule has 0 fully saturated rings. The van der Waals surface area contributed by atoms with Crippen molar-refractivity contribution in [2.24, 2.45) is 0 Å². The molecule has 1 atom stereocenters. The van der Waals surface area contributed by atoms with Crippen molar-refractivity contribution >= 4 is 11.7 Å². The molecule has 6 heteroatoms. The number of pyridine rings is 1. The molecule has 2 aromatic rings. The Morgan fingerprint density at radius 3 is 2.44 bits per heavy atom. The molecule has 144 valence electrons. The van der Waals surface area contributed by atoms with E-state index in [1.165, 1.54) is 16.8 Å². The number of Topliss-reactive ketones (excluding diaryl/α,β-unsaturated/α-hetero) is 1. The van der Waals surface area contributed by atoms with Crippen LogP contribution in [0.5, 0.6) is 0 Å². The third-order valence-electron chi connectivity index (χ3n) is 4.09. The van der Waals surface area contributed by atoms with Crippen LogP contribution in [0.2, 0.25) is 0 Å². The number of ether oxygens (including phenoxy) is 1. The summed E-state index contributed by atoms with van der Waals surface area (Å²) in [5.41, 5.74) is -0.0128. The van der Waals surface area contributed by atoms with E-state index >= 15 is 0 Å². The second-order valence-corrected chi connectivity index (χ2v) is 6.19. The molecule has 0 bridgehead atoms. The quantitative estimate of drug-likeness (QED) is 0.375. The Balaban J connectivity index is 2.06. The molecule has 0 saturated heterocycles. The van der Waals surface area contributed by atoms with E-state index < -0.39 is 23.3 Å². The first-order valence-corrected chi connectivity index (χ1v) is 9.27. The van der Waals surface area contributed by atoms with Crippen LogP contribution in [0.15, 0.2) is 59.5 Å². The Hall–Kier alpha value is -2.73. The molecular formula is C21H26N2O4. The first-order valence-electron chi connectivity index (χ1n) is 9.27. The Labute approximate surface area is 159 Å². The van der Waals surface area contributed by atoms with Gasteiger partial charge in [-0.2, -0.15) is 0 Å². The first kappa shape index (κ1) is 20.6. The summed E-state index contributed by atoms with van der Waals surface area (Å²) >= 11 is 0. The van der Waals surface area contributed by atoms with Crippen LogP contribution in [0.4, 0.5) is 0 Å². The Kier molecular flexibility index (Phi) is 8.45. The van der Waals surface area contributed by atoms with Gasteiger partial charge in [-0.15, -0.1) is 0 Å². The molecule has 0 spiro atoms. The number of nitrogens with one attached hydrogen (secondary N) is 1. The molecule has 1 aromatic heterocycles. The largest absolute Gasteiger partial charge is 0.381 e. The number of amides is 1. The van der Waals surface area contributed by atoms with Crippen LogP contribution in [0.3, 0.4) is 0 Å². The van der Waals surface area contributed by atoms with Gasteiger partial charge >= 0.3 is 0 Å². The summed E-state index contributed by atoms with van der Waals surface area (Å²) in [6.07, 6.45) is 4.19. The van der Waals surface area contributed by atoms with Crippen LogP contribution in [0, 0.1) is 0 Å². The summed E-state index contributed by atoms with van der Waals surface area (Å²) in [5.74, 6) is -0.911. The van der Waals surface area contributed by atoms with Gasteiger partial charge in [0.2, 0.25) is 0 Å². The van der Waals surface area contributed by atoms with Gasteiger partial charge in [0.15, 0.2) is 11.8 Å². The standard InChI is InChI=1S/C21H26N2O4/c1-2-3-15-27-16-9-13-22-21(26)19(23-14-8-7-12-18(23)24)20(25)17-10-5-4-6-11-17/h4-8,10-12,14,19H,2-3,9,13,15-16H2,1H3,(H,22,26)/t19-/m0/s1. The fourth-order valence-electron chi connectivity index (χ4n) is 2.62. The zero-order valence-electron chi connectivity index (χ0n) is 15.6. The summed E-state index contributed by atoms with van der Waals surface area (Å²) < 4.78 is 6.63. The third-order valence-corrected chi connectivity index (χ3v) is 4.09. The molecular weight excluding hydrogens is 344 g/mol. The number of rotatable bonds is 11. The van der Waals surface area contributed by atoms with Crippen LogP contribution in [0.1, 0.15) is 42.6 Å². The minimum Gasteiger partial charge on any atom is -0.381 e. The van der Waals surface area contributed by atoms with E-state index in [-0.39, 0.29) is 0 Å². The SMILES string of the molecule is CCCCOCCCNC(=O)[C@H](C(=O)c1ccccc1)n1ccccc1=O. The number of aromatic nitrogens is 1. The highest BCUT2D eigenvalue weighted by atomic mass is 16.5.